The molecule has 0 aliphatic carbocycles. The number of aromatic hydroxyl groups is 1. The normalized spacial score (nSPS) is 11.0. The number of pyridine rings is 1. The van der Waals surface area contributed by atoms with E-state index >= 15 is 0 Å². The molecule has 0 spiro atoms. The van der Waals surface area contributed by atoms with Crippen LogP contribution in [0.4, 0.5) is 0 Å². The standard InChI is InChI=1S/C23H16N4O/c28-17-12-10-16(11-13-17)22-25-23(27-26-22)19-14-21(15-6-2-1-3-7-15)24-20-9-5-4-8-18(19)20/h1-14,28H,(H,25,26,27). The lowest BCUT2D eigenvalue weighted by atomic mass is 10.0. The summed E-state index contributed by atoms with van der Waals surface area (Å²) in [5, 5.41) is 17.9. The monoisotopic (exact) mass is 364 g/mol. The first-order valence-electron chi connectivity index (χ1n) is 8.95. The number of aromatic amines is 1. The molecule has 5 nitrogen and oxygen atoms in total. The highest BCUT2D eigenvalue weighted by Crippen LogP contribution is 2.31. The third-order valence-corrected chi connectivity index (χ3v) is 4.65. The summed E-state index contributed by atoms with van der Waals surface area (Å²) in [6, 6.07) is 27.0. The van der Waals surface area contributed by atoms with Crippen molar-refractivity contribution in [1.29, 1.82) is 0 Å². The second kappa shape index (κ2) is 6.63. The highest BCUT2D eigenvalue weighted by Gasteiger charge is 2.13. The van der Waals surface area contributed by atoms with Gasteiger partial charge in [0.15, 0.2) is 11.6 Å². The predicted octanol–water partition coefficient (Wildman–Crippen LogP) is 5.06. The number of nitrogens with one attached hydrogen (secondary N) is 1. The van der Waals surface area contributed by atoms with Crippen molar-refractivity contribution in [1.82, 2.24) is 20.2 Å². The maximum Gasteiger partial charge on any atom is 0.181 e. The van der Waals surface area contributed by atoms with Crippen LogP contribution in [0.15, 0.2) is 84.9 Å². The molecule has 0 aliphatic rings. The summed E-state index contributed by atoms with van der Waals surface area (Å²) in [6.45, 7) is 0. The molecule has 2 heterocycles. The number of benzene rings is 3. The van der Waals surface area contributed by atoms with Crippen molar-refractivity contribution in [3.8, 4) is 39.8 Å². The van der Waals surface area contributed by atoms with E-state index in [0.717, 1.165) is 33.3 Å². The zero-order valence-electron chi connectivity index (χ0n) is 14.9. The maximum atomic E-state index is 9.49. The number of aromatic nitrogens is 4. The number of phenolic OH excluding ortho intramolecular Hbond substituents is 1. The van der Waals surface area contributed by atoms with Gasteiger partial charge in [-0.25, -0.2) is 9.97 Å². The molecule has 0 atom stereocenters. The molecule has 0 radical (unpaired) electrons. The topological polar surface area (TPSA) is 74.7 Å². The zero-order chi connectivity index (χ0) is 18.9. The summed E-state index contributed by atoms with van der Waals surface area (Å²) in [4.78, 5) is 9.51. The van der Waals surface area contributed by atoms with Crippen molar-refractivity contribution in [3.05, 3.63) is 84.9 Å². The highest BCUT2D eigenvalue weighted by atomic mass is 16.3. The van der Waals surface area contributed by atoms with E-state index in [1.54, 1.807) is 24.3 Å². The van der Waals surface area contributed by atoms with Gasteiger partial charge in [-0.2, -0.15) is 5.10 Å². The molecular formula is C23H16N4O. The van der Waals surface area contributed by atoms with Crippen LogP contribution in [0.2, 0.25) is 0 Å². The third kappa shape index (κ3) is 2.89. The SMILES string of the molecule is Oc1ccc(-c2n[nH]c(-c3cc(-c4ccccc4)nc4ccccc34)n2)cc1. The molecule has 28 heavy (non-hydrogen) atoms. The van der Waals surface area contributed by atoms with Crippen molar-refractivity contribution in [2.24, 2.45) is 0 Å². The van der Waals surface area contributed by atoms with Crippen LogP contribution in [0.5, 0.6) is 5.75 Å². The van der Waals surface area contributed by atoms with E-state index in [9.17, 15) is 5.11 Å². The van der Waals surface area contributed by atoms with Crippen molar-refractivity contribution in [3.63, 3.8) is 0 Å². The van der Waals surface area contributed by atoms with Gasteiger partial charge in [-0.05, 0) is 36.4 Å². The Morgan fingerprint density at radius 2 is 1.46 bits per heavy atom. The number of fused-ring (bicyclic) bond motifs is 1. The number of phenols is 1. The summed E-state index contributed by atoms with van der Waals surface area (Å²) in [5.41, 5.74) is 4.62. The van der Waals surface area contributed by atoms with Gasteiger partial charge < -0.3 is 5.11 Å². The molecule has 0 amide bonds. The first kappa shape index (κ1) is 16.2. The third-order valence-electron chi connectivity index (χ3n) is 4.65. The lowest BCUT2D eigenvalue weighted by molar-refractivity contribution is 0.475. The van der Waals surface area contributed by atoms with E-state index in [0.29, 0.717) is 11.6 Å². The van der Waals surface area contributed by atoms with Gasteiger partial charge in [-0.1, -0.05) is 48.5 Å². The molecule has 0 aliphatic heterocycles. The van der Waals surface area contributed by atoms with Crippen LogP contribution in [-0.2, 0) is 0 Å². The second-order valence-electron chi connectivity index (χ2n) is 6.49. The number of H-pyrrole nitrogens is 1. The van der Waals surface area contributed by atoms with E-state index in [-0.39, 0.29) is 5.75 Å². The van der Waals surface area contributed by atoms with Crippen LogP contribution in [-0.4, -0.2) is 25.3 Å². The quantitative estimate of drug-likeness (QED) is 0.469. The number of hydrogen-bond donors (Lipinski definition) is 2. The van der Waals surface area contributed by atoms with Crippen molar-refractivity contribution < 1.29 is 5.11 Å². The Labute approximate surface area is 161 Å². The lowest BCUT2D eigenvalue weighted by Gasteiger charge is -2.08. The summed E-state index contributed by atoms with van der Waals surface area (Å²) >= 11 is 0. The highest BCUT2D eigenvalue weighted by molar-refractivity contribution is 5.95. The minimum atomic E-state index is 0.215. The molecule has 2 aromatic heterocycles. The van der Waals surface area contributed by atoms with Gasteiger partial charge in [-0.15, -0.1) is 0 Å². The largest absolute Gasteiger partial charge is 0.508 e. The van der Waals surface area contributed by atoms with E-state index in [1.165, 1.54) is 0 Å². The van der Waals surface area contributed by atoms with Crippen LogP contribution in [0.1, 0.15) is 0 Å². The summed E-state index contributed by atoms with van der Waals surface area (Å²) in [6.07, 6.45) is 0. The van der Waals surface area contributed by atoms with E-state index in [1.807, 2.05) is 60.7 Å². The summed E-state index contributed by atoms with van der Waals surface area (Å²) in [5.74, 6) is 1.48. The molecule has 0 bridgehead atoms. The molecule has 0 unspecified atom stereocenters. The number of hydrogen-bond acceptors (Lipinski definition) is 4. The van der Waals surface area contributed by atoms with Crippen LogP contribution in [0.25, 0.3) is 44.9 Å². The van der Waals surface area contributed by atoms with Crippen molar-refractivity contribution in [2.75, 3.05) is 0 Å². The fourth-order valence-corrected chi connectivity index (χ4v) is 3.25. The van der Waals surface area contributed by atoms with E-state index in [2.05, 4.69) is 15.2 Å². The predicted molar refractivity (Wildman–Crippen MR) is 110 cm³/mol. The Bertz CT molecular complexity index is 1260. The van der Waals surface area contributed by atoms with Crippen LogP contribution in [0, 0.1) is 0 Å². The first-order chi connectivity index (χ1) is 13.8. The van der Waals surface area contributed by atoms with Crippen LogP contribution < -0.4 is 0 Å². The minimum Gasteiger partial charge on any atom is -0.508 e. The number of nitrogens with zero attached hydrogens (tertiary/aromatic N) is 3. The Balaban J connectivity index is 1.67. The molecule has 5 aromatic rings. The Morgan fingerprint density at radius 1 is 0.714 bits per heavy atom. The van der Waals surface area contributed by atoms with Gasteiger partial charge in [0.2, 0.25) is 0 Å². The van der Waals surface area contributed by atoms with E-state index in [4.69, 9.17) is 4.98 Å². The van der Waals surface area contributed by atoms with Gasteiger partial charge in [0, 0.05) is 22.1 Å². The Hall–Kier alpha value is -3.99. The minimum absolute atomic E-state index is 0.215. The molecule has 2 N–H and O–H groups in total. The zero-order valence-corrected chi connectivity index (χ0v) is 14.9. The fourth-order valence-electron chi connectivity index (χ4n) is 3.25. The second-order valence-corrected chi connectivity index (χ2v) is 6.49. The molecule has 5 heteroatoms. The molecule has 0 saturated heterocycles. The fraction of sp³-hybridized carbons (Fsp3) is 0. The van der Waals surface area contributed by atoms with Crippen molar-refractivity contribution >= 4 is 10.9 Å². The molecule has 3 aromatic carbocycles. The molecule has 0 saturated carbocycles. The van der Waals surface area contributed by atoms with Gasteiger partial charge >= 0.3 is 0 Å². The molecule has 0 fully saturated rings. The summed E-state index contributed by atoms with van der Waals surface area (Å²) < 4.78 is 0. The lowest BCUT2D eigenvalue weighted by Crippen LogP contribution is -1.91. The Morgan fingerprint density at radius 3 is 2.29 bits per heavy atom. The van der Waals surface area contributed by atoms with Crippen LogP contribution in [0.3, 0.4) is 0 Å². The van der Waals surface area contributed by atoms with Gasteiger partial charge in [-0.3, -0.25) is 5.10 Å². The molecule has 134 valence electrons. The van der Waals surface area contributed by atoms with E-state index < -0.39 is 0 Å². The molecular weight excluding hydrogens is 348 g/mol. The average Bonchev–Trinajstić information content (AvgIpc) is 3.24. The van der Waals surface area contributed by atoms with Gasteiger partial charge in [0.05, 0.1) is 11.2 Å². The number of rotatable bonds is 3. The smallest absolute Gasteiger partial charge is 0.181 e. The number of para-hydroxylation sites is 1. The summed E-state index contributed by atoms with van der Waals surface area (Å²) in [7, 11) is 0. The Kier molecular flexibility index (Phi) is 3.84. The van der Waals surface area contributed by atoms with Crippen molar-refractivity contribution in [2.45, 2.75) is 0 Å². The first-order valence-corrected chi connectivity index (χ1v) is 8.95. The molecule has 5 rings (SSSR count). The van der Waals surface area contributed by atoms with Crippen LogP contribution >= 0.6 is 0 Å². The van der Waals surface area contributed by atoms with Gasteiger partial charge in [0.1, 0.15) is 5.75 Å². The average molecular weight is 364 g/mol. The van der Waals surface area contributed by atoms with Gasteiger partial charge in [0.25, 0.3) is 0 Å². The maximum absolute atomic E-state index is 9.49.